The van der Waals surface area contributed by atoms with Crippen LogP contribution in [0.2, 0.25) is 0 Å². The molecule has 33 heavy (non-hydrogen) atoms. The number of nitrogens with zero attached hydrogens (tertiary/aromatic N) is 6. The summed E-state index contributed by atoms with van der Waals surface area (Å²) >= 11 is 0. The van der Waals surface area contributed by atoms with Crippen molar-refractivity contribution in [1.82, 2.24) is 29.5 Å². The number of rotatable bonds is 5. The highest BCUT2D eigenvalue weighted by Gasteiger charge is 2.23. The van der Waals surface area contributed by atoms with Gasteiger partial charge in [0.15, 0.2) is 5.82 Å². The van der Waals surface area contributed by atoms with E-state index in [0.29, 0.717) is 35.6 Å². The van der Waals surface area contributed by atoms with E-state index >= 15 is 0 Å². The zero-order chi connectivity index (χ0) is 23.5. The van der Waals surface area contributed by atoms with Crippen LogP contribution < -0.4 is 5.56 Å². The minimum Gasteiger partial charge on any atom is -0.336 e. The Hall–Kier alpha value is -3.74. The van der Waals surface area contributed by atoms with Crippen LogP contribution in [0.15, 0.2) is 47.5 Å². The molecule has 3 aromatic rings. The largest absolute Gasteiger partial charge is 0.336 e. The van der Waals surface area contributed by atoms with Gasteiger partial charge in [0.25, 0.3) is 11.5 Å². The van der Waals surface area contributed by atoms with Crippen LogP contribution in [0, 0.1) is 18.3 Å². The summed E-state index contributed by atoms with van der Waals surface area (Å²) in [5.41, 5.74) is 2.91. The molecule has 9 heteroatoms. The average Bonchev–Trinajstić information content (AvgIpc) is 3.19. The first-order chi connectivity index (χ1) is 15.9. The topological polar surface area (TPSA) is 101 Å². The summed E-state index contributed by atoms with van der Waals surface area (Å²) in [6, 6.07) is 10.7. The number of carbonyl (C=O) groups excluding carboxylic acids is 1. The Morgan fingerprint density at radius 2 is 1.91 bits per heavy atom. The quantitative estimate of drug-likeness (QED) is 0.641. The molecule has 0 aliphatic carbocycles. The van der Waals surface area contributed by atoms with Crippen LogP contribution in [0.1, 0.15) is 21.5 Å². The van der Waals surface area contributed by atoms with E-state index in [1.807, 2.05) is 25.9 Å². The molecular formula is C24H27N7O2. The highest BCUT2D eigenvalue weighted by atomic mass is 16.2. The highest BCUT2D eigenvalue weighted by Crippen LogP contribution is 2.21. The molecule has 0 saturated carbocycles. The van der Waals surface area contributed by atoms with Crippen LogP contribution in [0.25, 0.3) is 16.9 Å². The lowest BCUT2D eigenvalue weighted by atomic mass is 10.0. The van der Waals surface area contributed by atoms with Crippen molar-refractivity contribution in [3.63, 3.8) is 0 Å². The second kappa shape index (κ2) is 9.40. The SMILES string of the molecule is Cc1cc(C#N)ccc1-c1c[nH]n(-c2ccc(C(=O)N3CCN(CN(C)C)CC3)cn2)c1=O. The molecule has 1 fully saturated rings. The van der Waals surface area contributed by atoms with E-state index in [-0.39, 0.29) is 11.5 Å². The number of aryl methyl sites for hydroxylation is 1. The maximum atomic E-state index is 13.0. The minimum atomic E-state index is -0.244. The van der Waals surface area contributed by atoms with Crippen molar-refractivity contribution >= 4 is 5.91 Å². The van der Waals surface area contributed by atoms with E-state index in [2.05, 4.69) is 26.0 Å². The summed E-state index contributed by atoms with van der Waals surface area (Å²) in [6.45, 7) is 5.78. The summed E-state index contributed by atoms with van der Waals surface area (Å²) < 4.78 is 1.35. The summed E-state index contributed by atoms with van der Waals surface area (Å²) in [5, 5.41) is 12.0. The van der Waals surface area contributed by atoms with Gasteiger partial charge in [0.2, 0.25) is 0 Å². The van der Waals surface area contributed by atoms with Crippen molar-refractivity contribution in [3.05, 3.63) is 69.8 Å². The van der Waals surface area contributed by atoms with Crippen LogP contribution in [-0.2, 0) is 0 Å². The number of aromatic amines is 1. The minimum absolute atomic E-state index is 0.0497. The van der Waals surface area contributed by atoms with Gasteiger partial charge in [-0.2, -0.15) is 5.26 Å². The second-order valence-corrected chi connectivity index (χ2v) is 8.51. The smallest absolute Gasteiger partial charge is 0.280 e. The molecule has 9 nitrogen and oxygen atoms in total. The lowest BCUT2D eigenvalue weighted by molar-refractivity contribution is 0.0571. The van der Waals surface area contributed by atoms with Crippen molar-refractivity contribution in [2.45, 2.75) is 6.92 Å². The average molecular weight is 446 g/mol. The maximum Gasteiger partial charge on any atom is 0.280 e. The van der Waals surface area contributed by atoms with Gasteiger partial charge in [0.1, 0.15) is 0 Å². The first-order valence-corrected chi connectivity index (χ1v) is 10.8. The number of H-pyrrole nitrogens is 1. The number of benzene rings is 1. The van der Waals surface area contributed by atoms with Crippen molar-refractivity contribution in [2.24, 2.45) is 0 Å². The fourth-order valence-corrected chi connectivity index (χ4v) is 4.09. The van der Waals surface area contributed by atoms with Gasteiger partial charge in [-0.1, -0.05) is 6.07 Å². The Morgan fingerprint density at radius 1 is 1.15 bits per heavy atom. The molecule has 1 aromatic carbocycles. The second-order valence-electron chi connectivity index (χ2n) is 8.51. The molecular weight excluding hydrogens is 418 g/mol. The zero-order valence-corrected chi connectivity index (χ0v) is 19.1. The lowest BCUT2D eigenvalue weighted by Crippen LogP contribution is -2.50. The van der Waals surface area contributed by atoms with Crippen LogP contribution in [0.4, 0.5) is 0 Å². The van der Waals surface area contributed by atoms with E-state index in [1.54, 1.807) is 36.5 Å². The number of amides is 1. The summed E-state index contributed by atoms with van der Waals surface area (Å²) in [7, 11) is 4.07. The van der Waals surface area contributed by atoms with E-state index in [0.717, 1.165) is 30.9 Å². The molecule has 4 rings (SSSR count). The van der Waals surface area contributed by atoms with Crippen molar-refractivity contribution in [1.29, 1.82) is 5.26 Å². The van der Waals surface area contributed by atoms with Gasteiger partial charge in [-0.05, 0) is 56.4 Å². The van der Waals surface area contributed by atoms with E-state index in [9.17, 15) is 9.59 Å². The number of piperazine rings is 1. The number of nitriles is 1. The van der Waals surface area contributed by atoms with Crippen LogP contribution >= 0.6 is 0 Å². The van der Waals surface area contributed by atoms with Gasteiger partial charge in [-0.3, -0.25) is 24.5 Å². The monoisotopic (exact) mass is 445 g/mol. The predicted molar refractivity (Wildman–Crippen MR) is 125 cm³/mol. The van der Waals surface area contributed by atoms with Crippen molar-refractivity contribution in [2.75, 3.05) is 46.9 Å². The number of aromatic nitrogens is 3. The van der Waals surface area contributed by atoms with Crippen molar-refractivity contribution < 1.29 is 4.79 Å². The number of hydrogen-bond acceptors (Lipinski definition) is 6. The van der Waals surface area contributed by atoms with Gasteiger partial charge in [0, 0.05) is 38.6 Å². The van der Waals surface area contributed by atoms with Gasteiger partial charge in [-0.15, -0.1) is 0 Å². The number of carbonyl (C=O) groups is 1. The molecule has 1 aliphatic heterocycles. The van der Waals surface area contributed by atoms with Crippen LogP contribution in [0.5, 0.6) is 0 Å². The Labute approximate surface area is 192 Å². The third kappa shape index (κ3) is 4.72. The predicted octanol–water partition coefficient (Wildman–Crippen LogP) is 1.68. The van der Waals surface area contributed by atoms with Crippen molar-refractivity contribution in [3.8, 4) is 23.0 Å². The Bertz CT molecular complexity index is 1240. The highest BCUT2D eigenvalue weighted by molar-refractivity contribution is 5.94. The molecule has 1 aliphatic rings. The standard InChI is InChI=1S/C24H27N7O2/c1-17-12-18(13-25)4-6-20(17)21-15-27-31(24(21)33)22-7-5-19(14-26-22)23(32)30-10-8-29(9-11-30)16-28(2)3/h4-7,12,14-15,27H,8-11,16H2,1-3H3. The van der Waals surface area contributed by atoms with Crippen LogP contribution in [-0.4, -0.2) is 82.3 Å². The maximum absolute atomic E-state index is 13.0. The van der Waals surface area contributed by atoms with Gasteiger partial charge in [0.05, 0.1) is 29.4 Å². The zero-order valence-electron chi connectivity index (χ0n) is 19.1. The Balaban J connectivity index is 1.49. The summed E-state index contributed by atoms with van der Waals surface area (Å²) in [5.74, 6) is 0.358. The molecule has 2 aromatic heterocycles. The molecule has 0 atom stereocenters. The fraction of sp³-hybridized carbons (Fsp3) is 0.333. The summed E-state index contributed by atoms with van der Waals surface area (Å²) in [6.07, 6.45) is 3.15. The first-order valence-electron chi connectivity index (χ1n) is 10.8. The fourth-order valence-electron chi connectivity index (χ4n) is 4.09. The normalized spacial score (nSPS) is 14.5. The molecule has 0 bridgehead atoms. The molecule has 3 heterocycles. The molecule has 0 spiro atoms. The van der Waals surface area contributed by atoms with Gasteiger partial charge >= 0.3 is 0 Å². The third-order valence-corrected chi connectivity index (χ3v) is 5.78. The molecule has 0 unspecified atom stereocenters. The van der Waals surface area contributed by atoms with Gasteiger partial charge in [-0.25, -0.2) is 9.67 Å². The Kier molecular flexibility index (Phi) is 6.40. The molecule has 1 saturated heterocycles. The number of hydrogen-bond donors (Lipinski definition) is 1. The lowest BCUT2D eigenvalue weighted by Gasteiger charge is -2.35. The van der Waals surface area contributed by atoms with Crippen LogP contribution in [0.3, 0.4) is 0 Å². The molecule has 1 amide bonds. The Morgan fingerprint density at radius 3 is 2.52 bits per heavy atom. The third-order valence-electron chi connectivity index (χ3n) is 5.78. The van der Waals surface area contributed by atoms with E-state index < -0.39 is 0 Å². The summed E-state index contributed by atoms with van der Waals surface area (Å²) in [4.78, 5) is 36.5. The molecule has 1 N–H and O–H groups in total. The molecule has 170 valence electrons. The first kappa shape index (κ1) is 22.5. The number of nitrogens with one attached hydrogen (secondary N) is 1. The van der Waals surface area contributed by atoms with E-state index in [1.165, 1.54) is 10.9 Å². The van der Waals surface area contributed by atoms with Gasteiger partial charge < -0.3 is 4.90 Å². The van der Waals surface area contributed by atoms with E-state index in [4.69, 9.17) is 5.26 Å². The number of pyridine rings is 1. The molecule has 0 radical (unpaired) electrons.